The predicted octanol–water partition coefficient (Wildman–Crippen LogP) is 0.517. The van der Waals surface area contributed by atoms with Crippen molar-refractivity contribution in [2.75, 3.05) is 32.5 Å². The maximum atomic E-state index is 12.4. The number of nitrogens with zero attached hydrogens (tertiary/aromatic N) is 2. The fraction of sp³-hybridized carbons (Fsp3) is 0.421. The van der Waals surface area contributed by atoms with E-state index in [4.69, 9.17) is 0 Å². The molecular weight excluding hydrogens is 362 g/mol. The van der Waals surface area contributed by atoms with Crippen LogP contribution >= 0.6 is 11.8 Å². The van der Waals surface area contributed by atoms with Gasteiger partial charge in [-0.25, -0.2) is 4.68 Å². The Kier molecular flexibility index (Phi) is 6.18. The largest absolute Gasteiger partial charge is 0.348 e. The standard InChI is InChI=1S/C19H25N5O2S/c1-13-5-7-14(8-6-13)24-17(15-11-27-12-16(15)22-24)21-19(26)18(25)20-9-4-10-23(2)3/h5-8H,4,9-12H2,1-3H3,(H,20,25)(H,21,26)/p+1. The van der Waals surface area contributed by atoms with Crippen LogP contribution in [0.3, 0.4) is 0 Å². The van der Waals surface area contributed by atoms with Crippen LogP contribution in [0.1, 0.15) is 23.2 Å². The van der Waals surface area contributed by atoms with Crippen LogP contribution in [0.4, 0.5) is 5.82 Å². The lowest BCUT2D eigenvalue weighted by atomic mass is 10.2. The maximum absolute atomic E-state index is 12.4. The molecule has 1 aromatic carbocycles. The molecule has 0 saturated carbocycles. The molecule has 2 aromatic rings. The second kappa shape index (κ2) is 8.58. The van der Waals surface area contributed by atoms with E-state index in [0.717, 1.165) is 47.0 Å². The smallest absolute Gasteiger partial charge is 0.314 e. The Hall–Kier alpha value is -2.32. The van der Waals surface area contributed by atoms with Crippen LogP contribution in [0.5, 0.6) is 0 Å². The molecular formula is C19H26N5O2S+. The van der Waals surface area contributed by atoms with Gasteiger partial charge < -0.3 is 15.5 Å². The number of fused-ring (bicyclic) bond motifs is 1. The molecule has 1 aliphatic rings. The van der Waals surface area contributed by atoms with E-state index >= 15 is 0 Å². The van der Waals surface area contributed by atoms with Gasteiger partial charge in [-0.15, -0.1) is 0 Å². The molecule has 0 fully saturated rings. The van der Waals surface area contributed by atoms with E-state index in [9.17, 15) is 9.59 Å². The van der Waals surface area contributed by atoms with E-state index in [1.165, 1.54) is 4.90 Å². The third-order valence-electron chi connectivity index (χ3n) is 4.41. The lowest BCUT2D eigenvalue weighted by molar-refractivity contribution is -0.858. The lowest BCUT2D eigenvalue weighted by Crippen LogP contribution is -3.05. The van der Waals surface area contributed by atoms with Crippen LogP contribution in [0.25, 0.3) is 5.69 Å². The zero-order chi connectivity index (χ0) is 19.4. The summed E-state index contributed by atoms with van der Waals surface area (Å²) in [5.41, 5.74) is 3.98. The Labute approximate surface area is 163 Å². The van der Waals surface area contributed by atoms with Gasteiger partial charge in [0.1, 0.15) is 5.82 Å². The predicted molar refractivity (Wildman–Crippen MR) is 107 cm³/mol. The Balaban J connectivity index is 1.73. The molecule has 27 heavy (non-hydrogen) atoms. The van der Waals surface area contributed by atoms with Gasteiger partial charge in [0.25, 0.3) is 0 Å². The summed E-state index contributed by atoms with van der Waals surface area (Å²) in [6, 6.07) is 7.93. The summed E-state index contributed by atoms with van der Waals surface area (Å²) in [4.78, 5) is 25.9. The van der Waals surface area contributed by atoms with Crippen molar-refractivity contribution >= 4 is 29.4 Å². The Morgan fingerprint density at radius 3 is 2.63 bits per heavy atom. The zero-order valence-corrected chi connectivity index (χ0v) is 16.8. The summed E-state index contributed by atoms with van der Waals surface area (Å²) in [6.07, 6.45) is 0.828. The minimum absolute atomic E-state index is 0.489. The van der Waals surface area contributed by atoms with Crippen molar-refractivity contribution < 1.29 is 14.5 Å². The molecule has 0 radical (unpaired) electrons. The van der Waals surface area contributed by atoms with Crippen LogP contribution in [-0.2, 0) is 21.1 Å². The number of aromatic nitrogens is 2. The van der Waals surface area contributed by atoms with Crippen molar-refractivity contribution in [2.24, 2.45) is 0 Å². The first kappa shape index (κ1) is 19.4. The van der Waals surface area contributed by atoms with Crippen molar-refractivity contribution in [2.45, 2.75) is 24.9 Å². The molecule has 3 rings (SSSR count). The Bertz CT molecular complexity index is 829. The second-order valence-electron chi connectivity index (χ2n) is 7.03. The number of quaternary nitrogens is 1. The number of aryl methyl sites for hydroxylation is 1. The van der Waals surface area contributed by atoms with E-state index in [1.54, 1.807) is 16.4 Å². The summed E-state index contributed by atoms with van der Waals surface area (Å²) in [7, 11) is 4.11. The molecule has 0 aliphatic carbocycles. The summed E-state index contributed by atoms with van der Waals surface area (Å²) < 4.78 is 1.73. The molecule has 0 unspecified atom stereocenters. The van der Waals surface area contributed by atoms with Crippen LogP contribution in [0.2, 0.25) is 0 Å². The summed E-state index contributed by atoms with van der Waals surface area (Å²) >= 11 is 1.76. The van der Waals surface area contributed by atoms with Crippen molar-refractivity contribution in [3.8, 4) is 5.69 Å². The molecule has 0 spiro atoms. The highest BCUT2D eigenvalue weighted by Gasteiger charge is 2.26. The van der Waals surface area contributed by atoms with E-state index in [-0.39, 0.29) is 0 Å². The van der Waals surface area contributed by atoms with Gasteiger partial charge in [-0.1, -0.05) is 17.7 Å². The van der Waals surface area contributed by atoms with Crippen molar-refractivity contribution in [1.82, 2.24) is 15.1 Å². The van der Waals surface area contributed by atoms with Crippen molar-refractivity contribution in [3.63, 3.8) is 0 Å². The van der Waals surface area contributed by atoms with E-state index in [2.05, 4.69) is 29.8 Å². The maximum Gasteiger partial charge on any atom is 0.314 e. The van der Waals surface area contributed by atoms with Gasteiger partial charge in [0, 0.05) is 30.0 Å². The third kappa shape index (κ3) is 4.70. The molecule has 0 saturated heterocycles. The van der Waals surface area contributed by atoms with Gasteiger partial charge in [-0.2, -0.15) is 16.9 Å². The number of rotatable bonds is 6. The number of nitrogens with one attached hydrogen (secondary N) is 3. The van der Waals surface area contributed by atoms with Gasteiger partial charge in [0.05, 0.1) is 32.0 Å². The minimum atomic E-state index is -0.653. The van der Waals surface area contributed by atoms with E-state index in [1.807, 2.05) is 31.2 Å². The minimum Gasteiger partial charge on any atom is -0.348 e. The highest BCUT2D eigenvalue weighted by Crippen LogP contribution is 2.36. The first-order valence-corrected chi connectivity index (χ1v) is 10.2. The fourth-order valence-corrected chi connectivity index (χ4v) is 3.94. The number of carbonyl (C=O) groups is 2. The summed E-state index contributed by atoms with van der Waals surface area (Å²) in [5.74, 6) is 0.928. The summed E-state index contributed by atoms with van der Waals surface area (Å²) in [6.45, 7) is 3.45. The number of benzene rings is 1. The molecule has 144 valence electrons. The van der Waals surface area contributed by atoms with Crippen molar-refractivity contribution in [1.29, 1.82) is 0 Å². The number of hydrogen-bond donors (Lipinski definition) is 3. The highest BCUT2D eigenvalue weighted by molar-refractivity contribution is 7.98. The molecule has 2 amide bonds. The van der Waals surface area contributed by atoms with Gasteiger partial charge in [-0.3, -0.25) is 9.59 Å². The number of hydrogen-bond acceptors (Lipinski definition) is 4. The number of anilines is 1. The Morgan fingerprint density at radius 1 is 1.19 bits per heavy atom. The molecule has 7 nitrogen and oxygen atoms in total. The molecule has 0 bridgehead atoms. The van der Waals surface area contributed by atoms with Gasteiger partial charge >= 0.3 is 11.8 Å². The highest BCUT2D eigenvalue weighted by atomic mass is 32.2. The van der Waals surface area contributed by atoms with Crippen LogP contribution in [0.15, 0.2) is 24.3 Å². The normalized spacial score (nSPS) is 12.9. The lowest BCUT2D eigenvalue weighted by Gasteiger charge is -2.12. The van der Waals surface area contributed by atoms with Gasteiger partial charge in [0.2, 0.25) is 0 Å². The molecule has 1 aromatic heterocycles. The molecule has 3 N–H and O–H groups in total. The number of carbonyl (C=O) groups excluding carboxylic acids is 2. The molecule has 1 aliphatic heterocycles. The average molecular weight is 389 g/mol. The number of thioether (sulfide) groups is 1. The number of amides is 2. The van der Waals surface area contributed by atoms with E-state index < -0.39 is 11.8 Å². The third-order valence-corrected chi connectivity index (χ3v) is 5.38. The first-order chi connectivity index (χ1) is 13.0. The van der Waals surface area contributed by atoms with Crippen LogP contribution in [0, 0.1) is 6.92 Å². The molecule has 8 heteroatoms. The van der Waals surface area contributed by atoms with Gasteiger partial charge in [-0.05, 0) is 19.1 Å². The molecule has 2 heterocycles. The Morgan fingerprint density at radius 2 is 1.93 bits per heavy atom. The summed E-state index contributed by atoms with van der Waals surface area (Å²) in [5, 5.41) is 10.1. The SMILES string of the molecule is Cc1ccc(-n2nc3c(c2NC(=O)C(=O)NCCC[NH+](C)C)CSC3)cc1. The van der Waals surface area contributed by atoms with Gasteiger partial charge in [0.15, 0.2) is 0 Å². The van der Waals surface area contributed by atoms with Crippen LogP contribution in [-0.4, -0.2) is 48.8 Å². The second-order valence-corrected chi connectivity index (χ2v) is 8.02. The monoisotopic (exact) mass is 388 g/mol. The first-order valence-electron chi connectivity index (χ1n) is 9.09. The van der Waals surface area contributed by atoms with Crippen LogP contribution < -0.4 is 15.5 Å². The average Bonchev–Trinajstić information content (AvgIpc) is 3.21. The quantitative estimate of drug-likeness (QED) is 0.498. The topological polar surface area (TPSA) is 80.5 Å². The fourth-order valence-electron chi connectivity index (χ4n) is 2.90. The van der Waals surface area contributed by atoms with E-state index in [0.29, 0.717) is 12.4 Å². The van der Waals surface area contributed by atoms with Crippen molar-refractivity contribution in [3.05, 3.63) is 41.1 Å². The zero-order valence-electron chi connectivity index (χ0n) is 16.0. The molecule has 0 atom stereocenters.